The van der Waals surface area contributed by atoms with E-state index in [9.17, 15) is 4.79 Å². The van der Waals surface area contributed by atoms with Crippen LogP contribution in [0.1, 0.15) is 25.7 Å². The number of unbranched alkanes of at least 4 members (excludes halogenated alkanes) is 3. The van der Waals surface area contributed by atoms with Crippen LogP contribution in [0.4, 0.5) is 0 Å². The third kappa shape index (κ3) is 10.5. The maximum absolute atomic E-state index is 11.0. The van der Waals surface area contributed by atoms with Gasteiger partial charge in [-0.15, -0.1) is 0 Å². The molecule has 0 radical (unpaired) electrons. The second-order valence-electron chi connectivity index (χ2n) is 2.89. The van der Waals surface area contributed by atoms with Crippen LogP contribution in [0.25, 0.3) is 0 Å². The Balaban J connectivity index is 3.02. The van der Waals surface area contributed by atoms with Gasteiger partial charge in [0.05, 0.1) is 5.75 Å². The Morgan fingerprint density at radius 1 is 1.31 bits per heavy atom. The van der Waals surface area contributed by atoms with Crippen molar-refractivity contribution in [2.75, 3.05) is 23.0 Å². The normalized spacial score (nSPS) is 10.0. The highest BCUT2D eigenvalue weighted by Gasteiger charge is 1.97. The monoisotopic (exact) mass is 315 g/mol. The molecule has 0 fully saturated rings. The molecule has 0 aliphatic rings. The fraction of sp³-hybridized carbons (Fsp3) is 0.889. The van der Waals surface area contributed by atoms with E-state index in [0.29, 0.717) is 5.75 Å². The lowest BCUT2D eigenvalue weighted by Crippen LogP contribution is -2.25. The Hall–Kier alpha value is 0.550. The van der Waals surface area contributed by atoms with Gasteiger partial charge in [0.15, 0.2) is 0 Å². The van der Waals surface area contributed by atoms with Crippen LogP contribution in [0, 0.1) is 0 Å². The van der Waals surface area contributed by atoms with Crippen molar-refractivity contribution in [1.82, 2.24) is 5.32 Å². The molecule has 0 rings (SSSR count). The Morgan fingerprint density at radius 3 is 2.62 bits per heavy atom. The summed E-state index contributed by atoms with van der Waals surface area (Å²) in [6.45, 7) is 0.848. The van der Waals surface area contributed by atoms with E-state index in [4.69, 9.17) is 0 Å². The highest BCUT2D eigenvalue weighted by molar-refractivity contribution is 14.1. The second-order valence-corrected chi connectivity index (χ2v) is 4.83. The molecule has 0 heterocycles. The van der Waals surface area contributed by atoms with Crippen molar-refractivity contribution in [2.45, 2.75) is 25.7 Å². The van der Waals surface area contributed by atoms with Gasteiger partial charge in [-0.25, -0.2) is 0 Å². The molecule has 2 nitrogen and oxygen atoms in total. The number of carbonyl (C=O) groups is 1. The van der Waals surface area contributed by atoms with Crippen LogP contribution in [-0.4, -0.2) is 28.9 Å². The van der Waals surface area contributed by atoms with Crippen molar-refractivity contribution >= 4 is 40.3 Å². The zero-order chi connectivity index (χ0) is 9.94. The predicted octanol–water partition coefficient (Wildman–Crippen LogP) is 2.46. The molecule has 0 bridgehead atoms. The highest BCUT2D eigenvalue weighted by Crippen LogP contribution is 2.01. The van der Waals surface area contributed by atoms with E-state index in [0.717, 1.165) is 13.0 Å². The first-order valence-electron chi connectivity index (χ1n) is 4.63. The summed E-state index contributed by atoms with van der Waals surface area (Å²) in [6.07, 6.45) is 6.90. The van der Waals surface area contributed by atoms with Gasteiger partial charge in [0.1, 0.15) is 0 Å². The molecule has 4 heteroatoms. The highest BCUT2D eigenvalue weighted by atomic mass is 127. The Kier molecular flexibility index (Phi) is 11.1. The first-order valence-corrected chi connectivity index (χ1v) is 7.54. The molecular formula is C9H18INOS. The molecule has 0 spiro atoms. The lowest BCUT2D eigenvalue weighted by Gasteiger charge is -2.03. The second kappa shape index (κ2) is 10.6. The van der Waals surface area contributed by atoms with Crippen LogP contribution >= 0.6 is 34.4 Å². The molecule has 1 amide bonds. The quantitative estimate of drug-likeness (QED) is 0.423. The molecule has 0 aromatic heterocycles. The average molecular weight is 315 g/mol. The van der Waals surface area contributed by atoms with Crippen LogP contribution in [-0.2, 0) is 4.79 Å². The third-order valence-electron chi connectivity index (χ3n) is 1.66. The molecule has 0 aliphatic carbocycles. The summed E-state index contributed by atoms with van der Waals surface area (Å²) < 4.78 is 1.25. The third-order valence-corrected chi connectivity index (χ3v) is 2.97. The van der Waals surface area contributed by atoms with Crippen molar-refractivity contribution in [3.8, 4) is 0 Å². The van der Waals surface area contributed by atoms with Crippen molar-refractivity contribution < 1.29 is 4.79 Å². The topological polar surface area (TPSA) is 29.1 Å². The zero-order valence-electron chi connectivity index (χ0n) is 8.14. The summed E-state index contributed by atoms with van der Waals surface area (Å²) in [5.74, 6) is 0.759. The van der Waals surface area contributed by atoms with E-state index in [2.05, 4.69) is 27.9 Å². The fourth-order valence-corrected chi connectivity index (χ4v) is 1.89. The number of rotatable bonds is 8. The summed E-state index contributed by atoms with van der Waals surface area (Å²) >= 11 is 3.97. The minimum Gasteiger partial charge on any atom is -0.355 e. The van der Waals surface area contributed by atoms with Crippen LogP contribution in [0.5, 0.6) is 0 Å². The van der Waals surface area contributed by atoms with Gasteiger partial charge in [-0.2, -0.15) is 11.8 Å². The van der Waals surface area contributed by atoms with Crippen molar-refractivity contribution in [1.29, 1.82) is 0 Å². The van der Waals surface area contributed by atoms with Crippen molar-refractivity contribution in [3.05, 3.63) is 0 Å². The fourth-order valence-electron chi connectivity index (χ4n) is 0.983. The molecule has 13 heavy (non-hydrogen) atoms. The van der Waals surface area contributed by atoms with Crippen LogP contribution in [0.3, 0.4) is 0 Å². The number of hydrogen-bond acceptors (Lipinski definition) is 2. The van der Waals surface area contributed by atoms with Gasteiger partial charge in [0, 0.05) is 6.54 Å². The molecule has 0 aromatic carbocycles. The standard InChI is InChI=1S/C9H18INOS/c1-13-8-9(12)11-7-5-3-2-4-6-10/h2-8H2,1H3,(H,11,12). The first-order chi connectivity index (χ1) is 6.31. The number of thioether (sulfide) groups is 1. The van der Waals surface area contributed by atoms with E-state index in [-0.39, 0.29) is 5.91 Å². The minimum absolute atomic E-state index is 0.168. The molecule has 0 unspecified atom stereocenters. The SMILES string of the molecule is CSCC(=O)NCCCCCCI. The van der Waals surface area contributed by atoms with Gasteiger partial charge in [-0.1, -0.05) is 35.4 Å². The van der Waals surface area contributed by atoms with Crippen molar-refractivity contribution in [3.63, 3.8) is 0 Å². The van der Waals surface area contributed by atoms with Gasteiger partial charge in [-0.05, 0) is 23.5 Å². The summed E-state index contributed by atoms with van der Waals surface area (Å²) in [5, 5.41) is 2.90. The van der Waals surface area contributed by atoms with Crippen molar-refractivity contribution in [2.24, 2.45) is 0 Å². The van der Waals surface area contributed by atoms with Gasteiger partial charge in [0.25, 0.3) is 0 Å². The molecule has 0 saturated heterocycles. The van der Waals surface area contributed by atoms with E-state index in [1.165, 1.54) is 23.7 Å². The predicted molar refractivity (Wildman–Crippen MR) is 68.7 cm³/mol. The first kappa shape index (κ1) is 13.5. The number of nitrogens with one attached hydrogen (secondary N) is 1. The summed E-state index contributed by atoms with van der Waals surface area (Å²) in [4.78, 5) is 11.0. The summed E-state index contributed by atoms with van der Waals surface area (Å²) in [6, 6.07) is 0. The lowest BCUT2D eigenvalue weighted by atomic mass is 10.2. The molecule has 78 valence electrons. The Morgan fingerprint density at radius 2 is 2.00 bits per heavy atom. The number of amides is 1. The Labute approximate surface area is 98.8 Å². The Bertz CT molecular complexity index is 133. The molecule has 0 saturated carbocycles. The number of alkyl halides is 1. The smallest absolute Gasteiger partial charge is 0.229 e. The van der Waals surface area contributed by atoms with Gasteiger partial charge >= 0.3 is 0 Å². The maximum atomic E-state index is 11.0. The molecule has 0 aromatic rings. The maximum Gasteiger partial charge on any atom is 0.229 e. The minimum atomic E-state index is 0.168. The van der Waals surface area contributed by atoms with E-state index >= 15 is 0 Å². The largest absolute Gasteiger partial charge is 0.355 e. The molecule has 0 aliphatic heterocycles. The van der Waals surface area contributed by atoms with E-state index < -0.39 is 0 Å². The zero-order valence-corrected chi connectivity index (χ0v) is 11.1. The average Bonchev–Trinajstić information content (AvgIpc) is 2.11. The van der Waals surface area contributed by atoms with Crippen LogP contribution < -0.4 is 5.32 Å². The van der Waals surface area contributed by atoms with Gasteiger partial charge < -0.3 is 5.32 Å². The summed E-state index contributed by atoms with van der Waals surface area (Å²) in [7, 11) is 0. The lowest BCUT2D eigenvalue weighted by molar-refractivity contribution is -0.118. The number of carbonyl (C=O) groups excluding carboxylic acids is 1. The van der Waals surface area contributed by atoms with Crippen LogP contribution in [0.15, 0.2) is 0 Å². The number of hydrogen-bond donors (Lipinski definition) is 1. The van der Waals surface area contributed by atoms with Crippen LogP contribution in [0.2, 0.25) is 0 Å². The number of halogens is 1. The van der Waals surface area contributed by atoms with E-state index in [1.807, 2.05) is 6.26 Å². The van der Waals surface area contributed by atoms with Gasteiger partial charge in [0.2, 0.25) is 5.91 Å². The van der Waals surface area contributed by atoms with E-state index in [1.54, 1.807) is 11.8 Å². The molecule has 0 atom stereocenters. The molecular weight excluding hydrogens is 297 g/mol. The molecule has 1 N–H and O–H groups in total. The summed E-state index contributed by atoms with van der Waals surface area (Å²) in [5.41, 5.74) is 0. The van der Waals surface area contributed by atoms with Gasteiger partial charge in [-0.3, -0.25) is 4.79 Å².